The fraction of sp³-hybridized carbons (Fsp3) is 0.500. The first kappa shape index (κ1) is 13.3. The maximum absolute atomic E-state index is 11.6. The predicted octanol–water partition coefficient (Wildman–Crippen LogP) is 2.70. The van der Waals surface area contributed by atoms with Gasteiger partial charge in [0, 0.05) is 11.9 Å². The lowest BCUT2D eigenvalue weighted by molar-refractivity contribution is 0.581. The molecule has 0 saturated carbocycles. The van der Waals surface area contributed by atoms with Crippen LogP contribution < -0.4 is 4.72 Å². The van der Waals surface area contributed by atoms with Crippen LogP contribution in [0.2, 0.25) is 4.34 Å². The molecule has 0 spiro atoms. The van der Waals surface area contributed by atoms with E-state index >= 15 is 0 Å². The van der Waals surface area contributed by atoms with Gasteiger partial charge >= 0.3 is 0 Å². The molecule has 0 saturated heterocycles. The Morgan fingerprint density at radius 3 is 2.67 bits per heavy atom. The van der Waals surface area contributed by atoms with Crippen molar-refractivity contribution >= 4 is 44.6 Å². The summed E-state index contributed by atoms with van der Waals surface area (Å²) in [5, 5.41) is -0.0420. The van der Waals surface area contributed by atoms with E-state index in [1.165, 1.54) is 6.07 Å². The van der Waals surface area contributed by atoms with E-state index in [0.29, 0.717) is 17.3 Å². The fourth-order valence-corrected chi connectivity index (χ4v) is 3.59. The maximum Gasteiger partial charge on any atom is 0.250 e. The summed E-state index contributed by atoms with van der Waals surface area (Å²) < 4.78 is 26.4. The summed E-state index contributed by atoms with van der Waals surface area (Å²) in [4.78, 5) is 0. The topological polar surface area (TPSA) is 46.2 Å². The van der Waals surface area contributed by atoms with Crippen LogP contribution in [0.5, 0.6) is 0 Å². The molecule has 1 rings (SSSR count). The molecule has 0 fully saturated rings. The normalized spacial score (nSPS) is 14.1. The Morgan fingerprint density at radius 1 is 1.53 bits per heavy atom. The molecule has 1 heterocycles. The van der Waals surface area contributed by atoms with Gasteiger partial charge in [0.05, 0.1) is 4.34 Å². The highest BCUT2D eigenvalue weighted by Gasteiger charge is 2.15. The highest BCUT2D eigenvalue weighted by atomic mass is 35.5. The third-order valence-corrected chi connectivity index (χ3v) is 5.05. The van der Waals surface area contributed by atoms with Crippen LogP contribution in [0, 0.1) is 0 Å². The molecule has 1 aromatic heterocycles. The highest BCUT2D eigenvalue weighted by Crippen LogP contribution is 2.25. The Kier molecular flexibility index (Phi) is 4.86. The number of nitrogens with one attached hydrogen (secondary N) is 1. The van der Waals surface area contributed by atoms with E-state index in [2.05, 4.69) is 4.72 Å². The molecular weight excluding hydrogens is 277 g/mol. The largest absolute Gasteiger partial charge is 0.250 e. The van der Waals surface area contributed by atoms with Crippen LogP contribution in [0.3, 0.4) is 0 Å². The zero-order valence-corrected chi connectivity index (χ0v) is 11.2. The molecule has 0 aliphatic carbocycles. The second kappa shape index (κ2) is 5.50. The lowest BCUT2D eigenvalue weighted by atomic mass is 10.3. The van der Waals surface area contributed by atoms with Gasteiger partial charge < -0.3 is 0 Å². The molecule has 86 valence electrons. The Morgan fingerprint density at radius 2 is 2.20 bits per heavy atom. The Hall–Kier alpha value is 0.190. The standard InChI is InChI=1S/C8H11Cl2NO2S2/c1-6(9)4-5-11-15(12,13)8-3-2-7(10)14-8/h2-3,6,11H,4-5H2,1H3. The number of hydrogen-bond acceptors (Lipinski definition) is 3. The van der Waals surface area contributed by atoms with Gasteiger partial charge in [-0.3, -0.25) is 0 Å². The zero-order valence-electron chi connectivity index (χ0n) is 8.04. The smallest absolute Gasteiger partial charge is 0.210 e. The lowest BCUT2D eigenvalue weighted by Gasteiger charge is -2.05. The minimum absolute atomic E-state index is 0.0420. The summed E-state index contributed by atoms with van der Waals surface area (Å²) in [6.45, 7) is 2.15. The molecule has 3 nitrogen and oxygen atoms in total. The Labute approximate surface area is 103 Å². The van der Waals surface area contributed by atoms with E-state index in [9.17, 15) is 8.42 Å². The van der Waals surface area contributed by atoms with E-state index in [-0.39, 0.29) is 9.59 Å². The molecule has 1 unspecified atom stereocenters. The van der Waals surface area contributed by atoms with Gasteiger partial charge in [-0.15, -0.1) is 22.9 Å². The van der Waals surface area contributed by atoms with Gasteiger partial charge in [-0.25, -0.2) is 13.1 Å². The Balaban J connectivity index is 2.60. The molecule has 1 aromatic rings. The molecule has 1 atom stereocenters. The van der Waals surface area contributed by atoms with Crippen molar-refractivity contribution in [1.29, 1.82) is 0 Å². The highest BCUT2D eigenvalue weighted by molar-refractivity contribution is 7.91. The lowest BCUT2D eigenvalue weighted by Crippen LogP contribution is -2.25. The van der Waals surface area contributed by atoms with Gasteiger partial charge in [0.15, 0.2) is 0 Å². The van der Waals surface area contributed by atoms with Crippen molar-refractivity contribution in [2.24, 2.45) is 0 Å². The fourth-order valence-electron chi connectivity index (χ4n) is 0.905. The van der Waals surface area contributed by atoms with Crippen LogP contribution >= 0.6 is 34.5 Å². The molecule has 0 aliphatic heterocycles. The SMILES string of the molecule is CC(Cl)CCNS(=O)(=O)c1ccc(Cl)s1. The van der Waals surface area contributed by atoms with Gasteiger partial charge in [0.2, 0.25) is 10.0 Å². The van der Waals surface area contributed by atoms with Crippen LogP contribution in [0.25, 0.3) is 0 Å². The number of hydrogen-bond donors (Lipinski definition) is 1. The van der Waals surface area contributed by atoms with E-state index < -0.39 is 10.0 Å². The van der Waals surface area contributed by atoms with Crippen LogP contribution in [0.4, 0.5) is 0 Å². The quantitative estimate of drug-likeness (QED) is 0.847. The molecule has 15 heavy (non-hydrogen) atoms. The van der Waals surface area contributed by atoms with Crippen molar-refractivity contribution in [3.8, 4) is 0 Å². The minimum Gasteiger partial charge on any atom is -0.210 e. The second-order valence-electron chi connectivity index (χ2n) is 3.03. The van der Waals surface area contributed by atoms with Crippen molar-refractivity contribution in [2.75, 3.05) is 6.54 Å². The van der Waals surface area contributed by atoms with Gasteiger partial charge in [-0.05, 0) is 25.5 Å². The summed E-state index contributed by atoms with van der Waals surface area (Å²) in [7, 11) is -3.41. The number of alkyl halides is 1. The number of halogens is 2. The number of thiophene rings is 1. The van der Waals surface area contributed by atoms with E-state index in [0.717, 1.165) is 11.3 Å². The number of sulfonamides is 1. The third kappa shape index (κ3) is 4.28. The van der Waals surface area contributed by atoms with E-state index in [1.807, 2.05) is 6.92 Å². The van der Waals surface area contributed by atoms with Crippen molar-refractivity contribution in [3.63, 3.8) is 0 Å². The molecule has 0 aromatic carbocycles. The van der Waals surface area contributed by atoms with Crippen molar-refractivity contribution in [2.45, 2.75) is 22.9 Å². The summed E-state index contributed by atoms with van der Waals surface area (Å²) >= 11 is 12.4. The van der Waals surface area contributed by atoms with Crippen LogP contribution in [0.15, 0.2) is 16.3 Å². The summed E-state index contributed by atoms with van der Waals surface area (Å²) in [5.74, 6) is 0. The molecule has 7 heteroatoms. The van der Waals surface area contributed by atoms with Gasteiger partial charge in [0.25, 0.3) is 0 Å². The van der Waals surface area contributed by atoms with Crippen LogP contribution in [-0.2, 0) is 10.0 Å². The van der Waals surface area contributed by atoms with E-state index in [4.69, 9.17) is 23.2 Å². The molecule has 0 amide bonds. The summed E-state index contributed by atoms with van der Waals surface area (Å²) in [6, 6.07) is 3.05. The Bertz CT molecular complexity index is 414. The predicted molar refractivity (Wildman–Crippen MR) is 64.4 cm³/mol. The van der Waals surface area contributed by atoms with Crippen molar-refractivity contribution < 1.29 is 8.42 Å². The molecule has 0 aliphatic rings. The van der Waals surface area contributed by atoms with Crippen LogP contribution in [-0.4, -0.2) is 20.3 Å². The first-order chi connectivity index (χ1) is 6.92. The summed E-state index contributed by atoms with van der Waals surface area (Å²) in [6.07, 6.45) is 0.597. The minimum atomic E-state index is -3.41. The molecule has 0 radical (unpaired) electrons. The summed E-state index contributed by atoms with van der Waals surface area (Å²) in [5.41, 5.74) is 0. The first-order valence-corrected chi connectivity index (χ1v) is 7.42. The van der Waals surface area contributed by atoms with Crippen LogP contribution in [0.1, 0.15) is 13.3 Å². The molecule has 0 bridgehead atoms. The third-order valence-electron chi connectivity index (χ3n) is 1.65. The molecule has 1 N–H and O–H groups in total. The van der Waals surface area contributed by atoms with E-state index in [1.54, 1.807) is 6.07 Å². The average Bonchev–Trinajstić information content (AvgIpc) is 2.51. The van der Waals surface area contributed by atoms with Gasteiger partial charge in [-0.1, -0.05) is 11.6 Å². The van der Waals surface area contributed by atoms with Gasteiger partial charge in [0.1, 0.15) is 4.21 Å². The monoisotopic (exact) mass is 287 g/mol. The number of rotatable bonds is 5. The maximum atomic E-state index is 11.6. The zero-order chi connectivity index (χ0) is 11.5. The van der Waals surface area contributed by atoms with Crippen molar-refractivity contribution in [3.05, 3.63) is 16.5 Å². The average molecular weight is 288 g/mol. The van der Waals surface area contributed by atoms with Gasteiger partial charge in [-0.2, -0.15) is 0 Å². The molecular formula is C8H11Cl2NO2S2. The first-order valence-electron chi connectivity index (χ1n) is 4.31. The van der Waals surface area contributed by atoms with Crippen molar-refractivity contribution in [1.82, 2.24) is 4.72 Å². The second-order valence-corrected chi connectivity index (χ2v) is 7.48.